The maximum Gasteiger partial charge on any atom is 0.250 e. The van der Waals surface area contributed by atoms with Crippen LogP contribution in [0.4, 0.5) is 5.69 Å². The highest BCUT2D eigenvalue weighted by atomic mass is 32.1. The van der Waals surface area contributed by atoms with E-state index in [1.54, 1.807) is 13.2 Å². The van der Waals surface area contributed by atoms with E-state index in [9.17, 15) is 4.79 Å². The molecule has 0 fully saturated rings. The fourth-order valence-electron chi connectivity index (χ4n) is 2.61. The summed E-state index contributed by atoms with van der Waals surface area (Å²) in [4.78, 5) is 12.1. The number of fused-ring (bicyclic) bond motifs is 1. The van der Waals surface area contributed by atoms with Crippen molar-refractivity contribution < 1.29 is 9.53 Å². The van der Waals surface area contributed by atoms with Crippen LogP contribution in [-0.4, -0.2) is 18.1 Å². The molecule has 3 aromatic rings. The van der Waals surface area contributed by atoms with Crippen LogP contribution in [0, 0.1) is 0 Å². The lowest BCUT2D eigenvalue weighted by molar-refractivity contribution is -0.115. The first-order chi connectivity index (χ1) is 12.7. The van der Waals surface area contributed by atoms with E-state index in [1.807, 2.05) is 66.7 Å². The van der Waals surface area contributed by atoms with Gasteiger partial charge in [-0.2, -0.15) is 0 Å². The molecule has 0 radical (unpaired) electrons. The number of ether oxygens (including phenoxy) is 1. The molecule has 5 heteroatoms. The number of benzene rings is 3. The molecule has 0 saturated heterocycles. The lowest BCUT2D eigenvalue weighted by atomic mass is 10.1. The Hall–Kier alpha value is -3.18. The molecule has 0 atom stereocenters. The van der Waals surface area contributed by atoms with E-state index in [2.05, 4.69) is 10.6 Å². The lowest BCUT2D eigenvalue weighted by Crippen LogP contribution is -2.32. The number of carbonyl (C=O) groups excluding carboxylic acids is 1. The van der Waals surface area contributed by atoms with Crippen LogP contribution in [0.25, 0.3) is 16.8 Å². The Balaban J connectivity index is 1.66. The molecule has 1 amide bonds. The van der Waals surface area contributed by atoms with Crippen molar-refractivity contribution in [3.63, 3.8) is 0 Å². The Bertz CT molecular complexity index is 977. The average molecular weight is 362 g/mol. The van der Waals surface area contributed by atoms with Gasteiger partial charge in [0.15, 0.2) is 5.11 Å². The molecule has 0 spiro atoms. The van der Waals surface area contributed by atoms with Gasteiger partial charge < -0.3 is 10.1 Å². The van der Waals surface area contributed by atoms with Crippen molar-refractivity contribution in [1.29, 1.82) is 0 Å². The molecule has 3 rings (SSSR count). The van der Waals surface area contributed by atoms with Crippen molar-refractivity contribution in [2.75, 3.05) is 12.4 Å². The fourth-order valence-corrected chi connectivity index (χ4v) is 2.82. The number of nitrogens with one attached hydrogen (secondary N) is 2. The summed E-state index contributed by atoms with van der Waals surface area (Å²) in [7, 11) is 1.59. The SMILES string of the molecule is COc1ccccc1/C=C/C(=O)NC(=S)Nc1cccc2ccccc12. The summed E-state index contributed by atoms with van der Waals surface area (Å²) >= 11 is 5.25. The van der Waals surface area contributed by atoms with Gasteiger partial charge in [0.2, 0.25) is 5.91 Å². The molecule has 0 aliphatic rings. The van der Waals surface area contributed by atoms with Gasteiger partial charge >= 0.3 is 0 Å². The van der Waals surface area contributed by atoms with Gasteiger partial charge in [-0.25, -0.2) is 0 Å². The smallest absolute Gasteiger partial charge is 0.250 e. The van der Waals surface area contributed by atoms with Gasteiger partial charge in [-0.3, -0.25) is 10.1 Å². The van der Waals surface area contributed by atoms with E-state index >= 15 is 0 Å². The van der Waals surface area contributed by atoms with Crippen LogP contribution < -0.4 is 15.4 Å². The summed E-state index contributed by atoms with van der Waals surface area (Å²) in [5.41, 5.74) is 1.67. The molecule has 26 heavy (non-hydrogen) atoms. The minimum absolute atomic E-state index is 0.246. The van der Waals surface area contributed by atoms with Crippen molar-refractivity contribution in [1.82, 2.24) is 5.32 Å². The minimum Gasteiger partial charge on any atom is -0.496 e. The first kappa shape index (κ1) is 17.6. The normalized spacial score (nSPS) is 10.7. The second-order valence-electron chi connectivity index (χ2n) is 5.55. The summed E-state index contributed by atoms with van der Waals surface area (Å²) < 4.78 is 5.26. The third-order valence-electron chi connectivity index (χ3n) is 3.83. The summed E-state index contributed by atoms with van der Waals surface area (Å²) in [5, 5.41) is 8.12. The quantitative estimate of drug-likeness (QED) is 0.534. The number of thiocarbonyl (C=S) groups is 1. The van der Waals surface area contributed by atoms with Crippen LogP contribution in [-0.2, 0) is 4.79 Å². The first-order valence-corrected chi connectivity index (χ1v) is 8.49. The average Bonchev–Trinajstić information content (AvgIpc) is 2.67. The van der Waals surface area contributed by atoms with E-state index < -0.39 is 0 Å². The molecule has 0 heterocycles. The van der Waals surface area contributed by atoms with E-state index in [4.69, 9.17) is 17.0 Å². The largest absolute Gasteiger partial charge is 0.496 e. The summed E-state index contributed by atoms with van der Waals surface area (Å²) in [5.74, 6) is 0.390. The van der Waals surface area contributed by atoms with Crippen LogP contribution in [0.2, 0.25) is 0 Å². The van der Waals surface area contributed by atoms with E-state index in [1.165, 1.54) is 6.08 Å². The zero-order valence-corrected chi connectivity index (χ0v) is 15.0. The van der Waals surface area contributed by atoms with Crippen LogP contribution in [0.3, 0.4) is 0 Å². The standard InChI is InChI=1S/C21H18N2O2S/c1-25-19-12-5-3-8-16(19)13-14-20(24)23-21(26)22-18-11-6-9-15-7-2-4-10-17(15)18/h2-14H,1H3,(H2,22,23,24,26)/b14-13+. The predicted octanol–water partition coefficient (Wildman–Crippen LogP) is 4.37. The van der Waals surface area contributed by atoms with Crippen LogP contribution in [0.1, 0.15) is 5.56 Å². The number of amides is 1. The minimum atomic E-state index is -0.311. The van der Waals surface area contributed by atoms with Gasteiger partial charge in [-0.05, 0) is 35.8 Å². The van der Waals surface area contributed by atoms with Crippen LogP contribution in [0.15, 0.2) is 72.8 Å². The molecule has 0 saturated carbocycles. The number of anilines is 1. The molecule has 2 N–H and O–H groups in total. The number of hydrogen-bond acceptors (Lipinski definition) is 3. The molecule has 3 aromatic carbocycles. The summed E-state index contributed by atoms with van der Waals surface area (Å²) in [6, 6.07) is 21.3. The van der Waals surface area contributed by atoms with Crippen molar-refractivity contribution in [3.8, 4) is 5.75 Å². The Morgan fingerprint density at radius 2 is 1.73 bits per heavy atom. The predicted molar refractivity (Wildman–Crippen MR) is 110 cm³/mol. The topological polar surface area (TPSA) is 50.4 Å². The van der Waals surface area contributed by atoms with Gasteiger partial charge in [0.05, 0.1) is 7.11 Å². The Morgan fingerprint density at radius 3 is 2.58 bits per heavy atom. The van der Waals surface area contributed by atoms with E-state index in [-0.39, 0.29) is 11.0 Å². The maximum atomic E-state index is 12.1. The molecular weight excluding hydrogens is 344 g/mol. The fraction of sp³-hybridized carbons (Fsp3) is 0.0476. The summed E-state index contributed by atoms with van der Waals surface area (Å²) in [6.45, 7) is 0. The monoisotopic (exact) mass is 362 g/mol. The molecule has 0 bridgehead atoms. The second-order valence-corrected chi connectivity index (χ2v) is 5.95. The third kappa shape index (κ3) is 4.26. The second kappa shape index (κ2) is 8.27. The molecular formula is C21H18N2O2S. The molecule has 4 nitrogen and oxygen atoms in total. The number of rotatable bonds is 4. The molecule has 0 aliphatic heterocycles. The summed E-state index contributed by atoms with van der Waals surface area (Å²) in [6.07, 6.45) is 3.11. The molecule has 0 aromatic heterocycles. The van der Waals surface area contributed by atoms with Crippen molar-refractivity contribution in [2.45, 2.75) is 0 Å². The number of hydrogen-bond donors (Lipinski definition) is 2. The highest BCUT2D eigenvalue weighted by Gasteiger charge is 2.05. The first-order valence-electron chi connectivity index (χ1n) is 8.08. The Morgan fingerprint density at radius 1 is 1.00 bits per heavy atom. The van der Waals surface area contributed by atoms with E-state index in [0.717, 1.165) is 22.0 Å². The number of methoxy groups -OCH3 is 1. The molecule has 0 aliphatic carbocycles. The zero-order valence-electron chi connectivity index (χ0n) is 14.2. The zero-order chi connectivity index (χ0) is 18.4. The molecule has 0 unspecified atom stereocenters. The van der Waals surface area contributed by atoms with Gasteiger partial charge in [0.1, 0.15) is 5.75 Å². The highest BCUT2D eigenvalue weighted by Crippen LogP contribution is 2.22. The third-order valence-corrected chi connectivity index (χ3v) is 4.03. The van der Waals surface area contributed by atoms with Crippen molar-refractivity contribution in [3.05, 3.63) is 78.4 Å². The number of carbonyl (C=O) groups is 1. The van der Waals surface area contributed by atoms with Gasteiger partial charge in [0, 0.05) is 22.7 Å². The van der Waals surface area contributed by atoms with E-state index in [0.29, 0.717) is 5.75 Å². The number of para-hydroxylation sites is 1. The highest BCUT2D eigenvalue weighted by molar-refractivity contribution is 7.80. The molecule has 130 valence electrons. The van der Waals surface area contributed by atoms with Crippen LogP contribution in [0.5, 0.6) is 5.75 Å². The Kier molecular flexibility index (Phi) is 5.61. The van der Waals surface area contributed by atoms with Gasteiger partial charge in [-0.15, -0.1) is 0 Å². The maximum absolute atomic E-state index is 12.1. The lowest BCUT2D eigenvalue weighted by Gasteiger charge is -2.11. The van der Waals surface area contributed by atoms with Crippen LogP contribution >= 0.6 is 12.2 Å². The van der Waals surface area contributed by atoms with Crippen molar-refractivity contribution >= 4 is 45.8 Å². The Labute approximate surface area is 157 Å². The van der Waals surface area contributed by atoms with Gasteiger partial charge in [0.25, 0.3) is 0 Å². The van der Waals surface area contributed by atoms with Gasteiger partial charge in [-0.1, -0.05) is 54.6 Å². The van der Waals surface area contributed by atoms with Crippen molar-refractivity contribution in [2.24, 2.45) is 0 Å².